The molecule has 2 aromatic carbocycles. The molecule has 2 aromatic rings. The zero-order valence-electron chi connectivity index (χ0n) is 17.6. The van der Waals surface area contributed by atoms with Crippen molar-refractivity contribution in [2.75, 3.05) is 19.7 Å². The molecule has 7 heteroatoms. The van der Waals surface area contributed by atoms with Gasteiger partial charge >= 0.3 is 0 Å². The number of hydrogen-bond acceptors (Lipinski definition) is 4. The van der Waals surface area contributed by atoms with Crippen LogP contribution in [0.1, 0.15) is 30.9 Å². The maximum atomic E-state index is 12.7. The van der Waals surface area contributed by atoms with Crippen LogP contribution in [0, 0.1) is 12.8 Å². The molecular formula is C23H30N2O4S. The molecule has 1 aliphatic rings. The molecule has 1 N–H and O–H groups in total. The highest BCUT2D eigenvalue weighted by Gasteiger charge is 2.31. The van der Waals surface area contributed by atoms with Gasteiger partial charge in [0, 0.05) is 19.0 Å². The van der Waals surface area contributed by atoms with Gasteiger partial charge in [-0.1, -0.05) is 48.0 Å². The van der Waals surface area contributed by atoms with E-state index >= 15 is 0 Å². The van der Waals surface area contributed by atoms with E-state index in [9.17, 15) is 13.2 Å². The lowest BCUT2D eigenvalue weighted by molar-refractivity contribution is -0.126. The summed E-state index contributed by atoms with van der Waals surface area (Å²) in [6.07, 6.45) is 1.07. The standard InChI is InChI=1S/C23H30N2O4S/c1-18-8-10-22(11-9-18)29-16-19(2)24-23(26)21-12-14-25(15-13-21)30(27,28)17-20-6-4-3-5-7-20/h3-11,19,21H,12-17H2,1-2H3,(H,24,26)/t19-/m1/s1. The quantitative estimate of drug-likeness (QED) is 0.698. The van der Waals surface area contributed by atoms with Crippen LogP contribution in [0.4, 0.5) is 0 Å². The van der Waals surface area contributed by atoms with Gasteiger partial charge < -0.3 is 10.1 Å². The van der Waals surface area contributed by atoms with Crippen LogP contribution in [0.25, 0.3) is 0 Å². The Morgan fingerprint density at radius 3 is 2.37 bits per heavy atom. The Bertz CT molecular complexity index is 921. The number of rotatable bonds is 8. The van der Waals surface area contributed by atoms with E-state index in [2.05, 4.69) is 5.32 Å². The fourth-order valence-corrected chi connectivity index (χ4v) is 5.09. The average molecular weight is 431 g/mol. The van der Waals surface area contributed by atoms with Crippen molar-refractivity contribution in [2.45, 2.75) is 38.5 Å². The van der Waals surface area contributed by atoms with Crippen molar-refractivity contribution < 1.29 is 17.9 Å². The second kappa shape index (κ2) is 10.1. The van der Waals surface area contributed by atoms with Gasteiger partial charge in [-0.3, -0.25) is 4.79 Å². The molecule has 1 fully saturated rings. The van der Waals surface area contributed by atoms with Crippen molar-refractivity contribution in [1.82, 2.24) is 9.62 Å². The molecule has 6 nitrogen and oxygen atoms in total. The Labute approximate surface area is 179 Å². The molecule has 1 atom stereocenters. The lowest BCUT2D eigenvalue weighted by atomic mass is 9.97. The van der Waals surface area contributed by atoms with Crippen molar-refractivity contribution in [3.63, 3.8) is 0 Å². The summed E-state index contributed by atoms with van der Waals surface area (Å²) in [5.74, 6) is 0.571. The molecule has 0 aromatic heterocycles. The number of carbonyl (C=O) groups is 1. The number of aryl methyl sites for hydroxylation is 1. The lowest BCUT2D eigenvalue weighted by Crippen LogP contribution is -2.46. The summed E-state index contributed by atoms with van der Waals surface area (Å²) in [5.41, 5.74) is 1.94. The van der Waals surface area contributed by atoms with Crippen LogP contribution in [0.3, 0.4) is 0 Å². The minimum atomic E-state index is -3.37. The van der Waals surface area contributed by atoms with E-state index in [4.69, 9.17) is 4.74 Å². The zero-order valence-corrected chi connectivity index (χ0v) is 18.4. The van der Waals surface area contributed by atoms with Gasteiger partial charge in [0.2, 0.25) is 15.9 Å². The second-order valence-corrected chi connectivity index (χ2v) is 9.92. The maximum Gasteiger partial charge on any atom is 0.223 e. The molecule has 3 rings (SSSR count). The molecule has 30 heavy (non-hydrogen) atoms. The van der Waals surface area contributed by atoms with Crippen molar-refractivity contribution in [1.29, 1.82) is 0 Å². The van der Waals surface area contributed by atoms with E-state index < -0.39 is 10.0 Å². The van der Waals surface area contributed by atoms with Crippen LogP contribution in [0.15, 0.2) is 54.6 Å². The van der Waals surface area contributed by atoms with Crippen molar-refractivity contribution in [2.24, 2.45) is 5.92 Å². The van der Waals surface area contributed by atoms with E-state index in [0.29, 0.717) is 32.5 Å². The normalized spacial score (nSPS) is 16.7. The molecule has 1 heterocycles. The van der Waals surface area contributed by atoms with E-state index in [0.717, 1.165) is 11.3 Å². The van der Waals surface area contributed by atoms with Crippen LogP contribution in [0.2, 0.25) is 0 Å². The first-order valence-corrected chi connectivity index (χ1v) is 12.0. The van der Waals surface area contributed by atoms with E-state index in [1.165, 1.54) is 9.87 Å². The van der Waals surface area contributed by atoms with Gasteiger partial charge in [-0.25, -0.2) is 12.7 Å². The predicted molar refractivity (Wildman–Crippen MR) is 118 cm³/mol. The van der Waals surface area contributed by atoms with Gasteiger partial charge in [0.25, 0.3) is 0 Å². The molecule has 1 aliphatic heterocycles. The Kier molecular flexibility index (Phi) is 7.50. The lowest BCUT2D eigenvalue weighted by Gasteiger charge is -2.31. The van der Waals surface area contributed by atoms with E-state index in [1.54, 1.807) is 0 Å². The van der Waals surface area contributed by atoms with Crippen molar-refractivity contribution in [3.05, 3.63) is 65.7 Å². The minimum absolute atomic E-state index is 0.00190. The zero-order chi connectivity index (χ0) is 21.6. The molecule has 1 amide bonds. The summed E-state index contributed by atoms with van der Waals surface area (Å²) in [4.78, 5) is 12.6. The van der Waals surface area contributed by atoms with Gasteiger partial charge in [-0.05, 0) is 44.4 Å². The summed E-state index contributed by atoms with van der Waals surface area (Å²) in [5, 5.41) is 2.99. The number of ether oxygens (including phenoxy) is 1. The molecule has 1 saturated heterocycles. The third-order valence-corrected chi connectivity index (χ3v) is 7.17. The fraction of sp³-hybridized carbons (Fsp3) is 0.435. The summed E-state index contributed by atoms with van der Waals surface area (Å²) in [6, 6.07) is 16.8. The van der Waals surface area contributed by atoms with Crippen LogP contribution < -0.4 is 10.1 Å². The summed E-state index contributed by atoms with van der Waals surface area (Å²) in [6.45, 7) is 5.07. The van der Waals surface area contributed by atoms with Gasteiger partial charge in [-0.2, -0.15) is 0 Å². The number of nitrogens with one attached hydrogen (secondary N) is 1. The second-order valence-electron chi connectivity index (χ2n) is 7.95. The summed E-state index contributed by atoms with van der Waals surface area (Å²) >= 11 is 0. The Hall–Kier alpha value is -2.38. The SMILES string of the molecule is Cc1ccc(OC[C@@H](C)NC(=O)C2CCN(S(=O)(=O)Cc3ccccc3)CC2)cc1. The molecule has 162 valence electrons. The first-order valence-electron chi connectivity index (χ1n) is 10.3. The van der Waals surface area contributed by atoms with Gasteiger partial charge in [0.05, 0.1) is 11.8 Å². The molecule has 0 bridgehead atoms. The smallest absolute Gasteiger partial charge is 0.223 e. The number of piperidine rings is 1. The van der Waals surface area contributed by atoms with Gasteiger partial charge in [-0.15, -0.1) is 0 Å². The molecule has 0 unspecified atom stereocenters. The highest BCUT2D eigenvalue weighted by atomic mass is 32.2. The molecule has 0 radical (unpaired) electrons. The molecule has 0 saturated carbocycles. The minimum Gasteiger partial charge on any atom is -0.491 e. The number of benzene rings is 2. The van der Waals surface area contributed by atoms with Crippen LogP contribution in [-0.4, -0.2) is 44.4 Å². The maximum absolute atomic E-state index is 12.7. The Balaban J connectivity index is 1.43. The van der Waals surface area contributed by atoms with Crippen molar-refractivity contribution >= 4 is 15.9 Å². The number of hydrogen-bond donors (Lipinski definition) is 1. The Morgan fingerprint density at radius 2 is 1.73 bits per heavy atom. The average Bonchev–Trinajstić information content (AvgIpc) is 2.74. The number of amides is 1. The molecule has 0 aliphatic carbocycles. The number of carbonyl (C=O) groups excluding carboxylic acids is 1. The van der Waals surface area contributed by atoms with Crippen LogP contribution in [0.5, 0.6) is 5.75 Å². The number of nitrogens with zero attached hydrogens (tertiary/aromatic N) is 1. The highest BCUT2D eigenvalue weighted by molar-refractivity contribution is 7.88. The monoisotopic (exact) mass is 430 g/mol. The van der Waals surface area contributed by atoms with Crippen molar-refractivity contribution in [3.8, 4) is 5.75 Å². The van der Waals surface area contributed by atoms with Gasteiger partial charge in [0.15, 0.2) is 0 Å². The topological polar surface area (TPSA) is 75.7 Å². The van der Waals surface area contributed by atoms with E-state index in [1.807, 2.05) is 68.4 Å². The Morgan fingerprint density at radius 1 is 1.10 bits per heavy atom. The predicted octanol–water partition coefficient (Wildman–Crippen LogP) is 3.12. The van der Waals surface area contributed by atoms with Crippen LogP contribution in [-0.2, 0) is 20.6 Å². The summed E-state index contributed by atoms with van der Waals surface area (Å²) in [7, 11) is -3.37. The molecule has 0 spiro atoms. The largest absolute Gasteiger partial charge is 0.491 e. The number of sulfonamides is 1. The first-order chi connectivity index (χ1) is 14.3. The fourth-order valence-electron chi connectivity index (χ4n) is 3.53. The van der Waals surface area contributed by atoms with Gasteiger partial charge in [0.1, 0.15) is 12.4 Å². The van der Waals surface area contributed by atoms with Crippen LogP contribution >= 0.6 is 0 Å². The first kappa shape index (κ1) is 22.3. The van der Waals surface area contributed by atoms with E-state index in [-0.39, 0.29) is 23.6 Å². The third kappa shape index (κ3) is 6.31. The highest BCUT2D eigenvalue weighted by Crippen LogP contribution is 2.22. The molecular weight excluding hydrogens is 400 g/mol. The summed E-state index contributed by atoms with van der Waals surface area (Å²) < 4.78 is 32.6. The third-order valence-electron chi connectivity index (χ3n) is 5.32.